The predicted octanol–water partition coefficient (Wildman–Crippen LogP) is 2.56. The molecule has 2 heterocycles. The van der Waals surface area contributed by atoms with Gasteiger partial charge in [0.1, 0.15) is 10.8 Å². The number of carbonyl (C=O) groups is 1. The topological polar surface area (TPSA) is 114 Å². The second-order valence-electron chi connectivity index (χ2n) is 7.61. The van der Waals surface area contributed by atoms with E-state index in [1.165, 1.54) is 29.2 Å². The van der Waals surface area contributed by atoms with Gasteiger partial charge in [0, 0.05) is 23.5 Å². The number of nitrogens with zero attached hydrogens (tertiary/aromatic N) is 3. The molecule has 0 saturated heterocycles. The minimum atomic E-state index is -3.69. The van der Waals surface area contributed by atoms with Crippen LogP contribution in [0.4, 0.5) is 0 Å². The summed E-state index contributed by atoms with van der Waals surface area (Å²) >= 11 is 0. The number of pyridine rings is 1. The molecule has 0 bridgehead atoms. The van der Waals surface area contributed by atoms with Gasteiger partial charge >= 0.3 is 5.97 Å². The van der Waals surface area contributed by atoms with Crippen LogP contribution in [0.2, 0.25) is 0 Å². The maximum Gasteiger partial charge on any atom is 0.315 e. The molecule has 2 aromatic heterocycles. The number of carboxylic acid groups (broad SMARTS) is 1. The summed E-state index contributed by atoms with van der Waals surface area (Å²) in [4.78, 5) is 16.0. The molecule has 0 fully saturated rings. The van der Waals surface area contributed by atoms with Gasteiger partial charge < -0.3 is 5.11 Å². The van der Waals surface area contributed by atoms with Crippen LogP contribution in [0.5, 0.6) is 0 Å². The van der Waals surface area contributed by atoms with E-state index in [0.717, 1.165) is 0 Å². The van der Waals surface area contributed by atoms with E-state index in [1.54, 1.807) is 51.2 Å². The molecule has 152 valence electrons. The molecule has 3 aromatic rings. The second-order valence-corrected chi connectivity index (χ2v) is 9.29. The first-order valence-corrected chi connectivity index (χ1v) is 10.4. The Morgan fingerprint density at radius 2 is 1.76 bits per heavy atom. The summed E-state index contributed by atoms with van der Waals surface area (Å²) in [6.07, 6.45) is 4.30. The number of aromatic nitrogens is 3. The van der Waals surface area contributed by atoms with Crippen LogP contribution in [0.25, 0.3) is 5.82 Å². The van der Waals surface area contributed by atoms with Gasteiger partial charge in [0.05, 0.1) is 6.20 Å². The Balaban J connectivity index is 1.88. The third kappa shape index (κ3) is 4.87. The summed E-state index contributed by atoms with van der Waals surface area (Å²) < 4.78 is 28.7. The van der Waals surface area contributed by atoms with Crippen molar-refractivity contribution in [1.29, 1.82) is 0 Å². The van der Waals surface area contributed by atoms with Crippen LogP contribution in [0, 0.1) is 0 Å². The lowest BCUT2D eigenvalue weighted by molar-refractivity contribution is -0.137. The Morgan fingerprint density at radius 3 is 2.31 bits per heavy atom. The molecule has 0 aliphatic rings. The number of hydrogen-bond acceptors (Lipinski definition) is 5. The highest BCUT2D eigenvalue weighted by Gasteiger charge is 2.25. The number of nitrogens with one attached hydrogen (secondary N) is 1. The summed E-state index contributed by atoms with van der Waals surface area (Å²) in [5.41, 5.74) is 0.524. The van der Waals surface area contributed by atoms with Crippen molar-refractivity contribution in [2.45, 2.75) is 37.1 Å². The van der Waals surface area contributed by atoms with Gasteiger partial charge in [-0.15, -0.1) is 0 Å². The minimum absolute atomic E-state index is 0.0382. The predicted molar refractivity (Wildman–Crippen MR) is 107 cm³/mol. The molecular formula is C20H22N4O4S. The van der Waals surface area contributed by atoms with Gasteiger partial charge in [-0.3, -0.25) is 4.79 Å². The Bertz CT molecular complexity index is 1100. The summed E-state index contributed by atoms with van der Waals surface area (Å²) in [7, 11) is -3.69. The Hall–Kier alpha value is -3.04. The highest BCUT2D eigenvalue weighted by Crippen LogP contribution is 2.25. The largest absolute Gasteiger partial charge is 0.481 e. The van der Waals surface area contributed by atoms with Crippen molar-refractivity contribution in [2.75, 3.05) is 0 Å². The van der Waals surface area contributed by atoms with Crippen LogP contribution in [0.15, 0.2) is 66.0 Å². The van der Waals surface area contributed by atoms with Crippen LogP contribution in [0.3, 0.4) is 0 Å². The Morgan fingerprint density at radius 1 is 1.07 bits per heavy atom. The van der Waals surface area contributed by atoms with Gasteiger partial charge in [-0.25, -0.2) is 22.8 Å². The normalized spacial score (nSPS) is 13.2. The summed E-state index contributed by atoms with van der Waals surface area (Å²) in [6, 6.07) is 11.8. The number of benzene rings is 1. The van der Waals surface area contributed by atoms with Crippen molar-refractivity contribution in [1.82, 2.24) is 19.5 Å². The first-order valence-electron chi connectivity index (χ1n) is 8.89. The number of sulfonamides is 1. The van der Waals surface area contributed by atoms with E-state index in [1.807, 2.05) is 6.07 Å². The highest BCUT2D eigenvalue weighted by molar-refractivity contribution is 7.89. The van der Waals surface area contributed by atoms with Crippen LogP contribution in [-0.2, 0) is 14.8 Å². The van der Waals surface area contributed by atoms with E-state index in [0.29, 0.717) is 16.9 Å². The second kappa shape index (κ2) is 7.76. The quantitative estimate of drug-likeness (QED) is 0.641. The van der Waals surface area contributed by atoms with E-state index in [4.69, 9.17) is 0 Å². The van der Waals surface area contributed by atoms with Gasteiger partial charge in [-0.2, -0.15) is 5.10 Å². The maximum atomic E-state index is 12.4. The van der Waals surface area contributed by atoms with E-state index < -0.39 is 27.4 Å². The van der Waals surface area contributed by atoms with Crippen LogP contribution < -0.4 is 4.72 Å². The molecule has 3 rings (SSSR count). The molecule has 0 aliphatic heterocycles. The van der Waals surface area contributed by atoms with E-state index in [2.05, 4.69) is 14.8 Å². The minimum Gasteiger partial charge on any atom is -0.481 e. The molecule has 1 aromatic carbocycles. The van der Waals surface area contributed by atoms with Gasteiger partial charge in [-0.1, -0.05) is 30.3 Å². The standard InChI is InChI=1S/C20H22N4O4S/c1-20(2,3)23-29(27,28)16-9-10-17(21-12-16)24-13-15(11-22-24)18(19(25)26)14-7-5-4-6-8-14/h4-13,18,23H,1-3H3,(H,25,26). The molecule has 1 unspecified atom stereocenters. The third-order valence-corrected chi connectivity index (χ3v) is 5.77. The summed E-state index contributed by atoms with van der Waals surface area (Å²) in [5.74, 6) is -1.47. The lowest BCUT2D eigenvalue weighted by Crippen LogP contribution is -2.40. The van der Waals surface area contributed by atoms with Gasteiger partial charge in [0.25, 0.3) is 0 Å². The number of hydrogen-bond donors (Lipinski definition) is 2. The smallest absolute Gasteiger partial charge is 0.315 e. The Labute approximate surface area is 169 Å². The first kappa shape index (κ1) is 20.7. The zero-order valence-electron chi connectivity index (χ0n) is 16.3. The van der Waals surface area contributed by atoms with E-state index >= 15 is 0 Å². The summed E-state index contributed by atoms with van der Waals surface area (Å²) in [5, 5.41) is 13.8. The van der Waals surface area contributed by atoms with Crippen molar-refractivity contribution >= 4 is 16.0 Å². The molecule has 0 radical (unpaired) electrons. The fourth-order valence-electron chi connectivity index (χ4n) is 2.86. The molecular weight excluding hydrogens is 392 g/mol. The molecule has 29 heavy (non-hydrogen) atoms. The SMILES string of the molecule is CC(C)(C)NS(=O)(=O)c1ccc(-n2cc(C(C(=O)O)c3ccccc3)cn2)nc1. The van der Waals surface area contributed by atoms with Crippen molar-refractivity contribution in [3.8, 4) is 5.82 Å². The lowest BCUT2D eigenvalue weighted by atomic mass is 9.94. The van der Waals surface area contributed by atoms with Gasteiger partial charge in [0.2, 0.25) is 10.0 Å². The first-order chi connectivity index (χ1) is 13.6. The van der Waals surface area contributed by atoms with Crippen LogP contribution in [-0.4, -0.2) is 39.8 Å². The zero-order chi connectivity index (χ0) is 21.2. The third-order valence-electron chi connectivity index (χ3n) is 4.02. The van der Waals surface area contributed by atoms with E-state index in [-0.39, 0.29) is 4.90 Å². The van der Waals surface area contributed by atoms with Crippen LogP contribution in [0.1, 0.15) is 37.8 Å². The highest BCUT2D eigenvalue weighted by atomic mass is 32.2. The number of aliphatic carboxylic acids is 1. The van der Waals surface area contributed by atoms with Crippen molar-refractivity contribution in [2.24, 2.45) is 0 Å². The molecule has 8 nitrogen and oxygen atoms in total. The van der Waals surface area contributed by atoms with Crippen LogP contribution >= 0.6 is 0 Å². The zero-order valence-corrected chi connectivity index (χ0v) is 17.1. The fraction of sp³-hybridized carbons (Fsp3) is 0.250. The lowest BCUT2D eigenvalue weighted by Gasteiger charge is -2.20. The van der Waals surface area contributed by atoms with Crippen molar-refractivity contribution in [3.05, 3.63) is 72.2 Å². The number of rotatable bonds is 6. The average Bonchev–Trinajstić information content (AvgIpc) is 3.10. The number of carboxylic acids is 1. The average molecular weight is 414 g/mol. The van der Waals surface area contributed by atoms with E-state index in [9.17, 15) is 18.3 Å². The van der Waals surface area contributed by atoms with Crippen molar-refractivity contribution < 1.29 is 18.3 Å². The monoisotopic (exact) mass is 414 g/mol. The molecule has 0 saturated carbocycles. The molecule has 0 amide bonds. The van der Waals surface area contributed by atoms with Gasteiger partial charge in [-0.05, 0) is 38.5 Å². The molecule has 9 heteroatoms. The fourth-order valence-corrected chi connectivity index (χ4v) is 4.23. The maximum absolute atomic E-state index is 12.4. The molecule has 0 aliphatic carbocycles. The molecule has 1 atom stereocenters. The van der Waals surface area contributed by atoms with Crippen molar-refractivity contribution in [3.63, 3.8) is 0 Å². The molecule has 0 spiro atoms. The molecule has 2 N–H and O–H groups in total. The Kier molecular flexibility index (Phi) is 5.54. The summed E-state index contributed by atoms with van der Waals surface area (Å²) in [6.45, 7) is 5.26. The van der Waals surface area contributed by atoms with Gasteiger partial charge in [0.15, 0.2) is 5.82 Å².